The summed E-state index contributed by atoms with van der Waals surface area (Å²) in [5.41, 5.74) is 3.96. The Balaban J connectivity index is 1.57. The van der Waals surface area contributed by atoms with E-state index in [0.717, 1.165) is 34.0 Å². The molecule has 0 saturated carbocycles. The molecule has 6 nitrogen and oxygen atoms in total. The van der Waals surface area contributed by atoms with E-state index in [4.69, 9.17) is 18.9 Å². The van der Waals surface area contributed by atoms with Gasteiger partial charge in [-0.15, -0.1) is 5.10 Å². The molecule has 0 atom stereocenters. The topological polar surface area (TPSA) is 54.7 Å². The molecule has 0 bridgehead atoms. The Labute approximate surface area is 187 Å². The molecule has 0 amide bonds. The Morgan fingerprint density at radius 3 is 2.16 bits per heavy atom. The van der Waals surface area contributed by atoms with Crippen LogP contribution >= 0.6 is 0 Å². The summed E-state index contributed by atoms with van der Waals surface area (Å²) in [7, 11) is 3.30. The van der Waals surface area contributed by atoms with Crippen LogP contribution in [-0.2, 0) is 11.3 Å². The van der Waals surface area contributed by atoms with Gasteiger partial charge in [0.25, 0.3) is 0 Å². The van der Waals surface area contributed by atoms with Crippen LogP contribution in [0.4, 0.5) is 0 Å². The molecule has 0 unspecified atom stereocenters. The highest BCUT2D eigenvalue weighted by Crippen LogP contribution is 2.29. The third-order valence-corrected chi connectivity index (χ3v) is 4.94. The van der Waals surface area contributed by atoms with Crippen molar-refractivity contribution in [3.05, 3.63) is 90.5 Å². The monoisotopic (exact) mass is 430 g/mol. The quantitative estimate of drug-likeness (QED) is 0.326. The molecule has 3 aromatic carbocycles. The number of methoxy groups -OCH3 is 2. The van der Waals surface area contributed by atoms with Crippen LogP contribution in [0.1, 0.15) is 5.56 Å². The molecule has 0 radical (unpaired) electrons. The second-order valence-corrected chi connectivity index (χ2v) is 7.12. The molecule has 164 valence electrons. The molecule has 0 spiro atoms. The minimum absolute atomic E-state index is 0.432. The van der Waals surface area contributed by atoms with E-state index in [0.29, 0.717) is 25.7 Å². The maximum absolute atomic E-state index is 5.92. The van der Waals surface area contributed by atoms with Crippen molar-refractivity contribution in [2.45, 2.75) is 6.61 Å². The van der Waals surface area contributed by atoms with Gasteiger partial charge in [-0.1, -0.05) is 30.3 Å². The lowest BCUT2D eigenvalue weighted by Crippen LogP contribution is -2.05. The summed E-state index contributed by atoms with van der Waals surface area (Å²) in [5, 5.41) is 4.65. The highest BCUT2D eigenvalue weighted by atomic mass is 16.5. The number of hydrogen-bond acceptors (Lipinski definition) is 5. The molecule has 0 aliphatic heterocycles. The van der Waals surface area contributed by atoms with Crippen molar-refractivity contribution >= 4 is 0 Å². The zero-order chi connectivity index (χ0) is 22.2. The maximum atomic E-state index is 5.92. The molecule has 0 saturated heterocycles. The summed E-state index contributed by atoms with van der Waals surface area (Å²) in [6.07, 6.45) is 0. The molecular weight excluding hydrogens is 404 g/mol. The first-order valence-electron chi connectivity index (χ1n) is 10.4. The average molecular weight is 431 g/mol. The van der Waals surface area contributed by atoms with Gasteiger partial charge in [-0.25, -0.2) is 4.68 Å². The predicted molar refractivity (Wildman–Crippen MR) is 124 cm³/mol. The van der Waals surface area contributed by atoms with Crippen LogP contribution in [0.25, 0.3) is 16.9 Å². The average Bonchev–Trinajstić information content (AvgIpc) is 3.28. The summed E-state index contributed by atoms with van der Waals surface area (Å²) in [6, 6.07) is 27.8. The van der Waals surface area contributed by atoms with Gasteiger partial charge in [0, 0.05) is 18.7 Å². The molecule has 1 aromatic heterocycles. The van der Waals surface area contributed by atoms with Gasteiger partial charge in [-0.2, -0.15) is 0 Å². The van der Waals surface area contributed by atoms with Crippen molar-refractivity contribution < 1.29 is 18.9 Å². The van der Waals surface area contributed by atoms with Crippen molar-refractivity contribution in [3.8, 4) is 34.3 Å². The van der Waals surface area contributed by atoms with Crippen molar-refractivity contribution in [3.63, 3.8) is 0 Å². The molecular formula is C26H26N2O4. The van der Waals surface area contributed by atoms with E-state index in [1.165, 1.54) is 0 Å². The Hall–Kier alpha value is -3.77. The Bertz CT molecular complexity index is 1110. The van der Waals surface area contributed by atoms with E-state index < -0.39 is 0 Å². The van der Waals surface area contributed by atoms with Crippen molar-refractivity contribution in [2.24, 2.45) is 0 Å². The molecule has 0 fully saturated rings. The van der Waals surface area contributed by atoms with Crippen LogP contribution in [0, 0.1) is 0 Å². The number of ether oxygens (including phenoxy) is 4. The predicted octanol–water partition coefficient (Wildman–Crippen LogP) is 5.15. The normalized spacial score (nSPS) is 10.7. The Morgan fingerprint density at radius 1 is 0.750 bits per heavy atom. The molecule has 4 aromatic rings. The summed E-state index contributed by atoms with van der Waals surface area (Å²) < 4.78 is 23.9. The number of hydrogen-bond donors (Lipinski definition) is 0. The van der Waals surface area contributed by atoms with Gasteiger partial charge in [-0.05, 0) is 54.1 Å². The third-order valence-electron chi connectivity index (χ3n) is 4.94. The molecule has 1 heterocycles. The Kier molecular flexibility index (Phi) is 7.05. The molecule has 0 N–H and O–H groups in total. The van der Waals surface area contributed by atoms with Crippen LogP contribution in [-0.4, -0.2) is 37.2 Å². The molecule has 0 aliphatic carbocycles. The van der Waals surface area contributed by atoms with Gasteiger partial charge in [0.2, 0.25) is 5.88 Å². The molecule has 0 aliphatic rings. The number of rotatable bonds is 10. The highest BCUT2D eigenvalue weighted by Gasteiger charge is 2.13. The molecule has 4 rings (SSSR count). The van der Waals surface area contributed by atoms with E-state index >= 15 is 0 Å². The minimum Gasteiger partial charge on any atom is -0.497 e. The van der Waals surface area contributed by atoms with E-state index in [2.05, 4.69) is 5.10 Å². The minimum atomic E-state index is 0.432. The highest BCUT2D eigenvalue weighted by molar-refractivity contribution is 5.64. The fourth-order valence-corrected chi connectivity index (χ4v) is 3.25. The van der Waals surface area contributed by atoms with Gasteiger partial charge in [0.15, 0.2) is 0 Å². The summed E-state index contributed by atoms with van der Waals surface area (Å²) in [4.78, 5) is 0. The summed E-state index contributed by atoms with van der Waals surface area (Å²) in [5.74, 6) is 2.14. The summed E-state index contributed by atoms with van der Waals surface area (Å²) in [6.45, 7) is 1.46. The fraction of sp³-hybridized carbons (Fsp3) is 0.192. The molecule has 6 heteroatoms. The largest absolute Gasteiger partial charge is 0.497 e. The fourth-order valence-electron chi connectivity index (χ4n) is 3.25. The smallest absolute Gasteiger partial charge is 0.233 e. The molecule has 32 heavy (non-hydrogen) atoms. The second-order valence-electron chi connectivity index (χ2n) is 7.12. The number of benzene rings is 3. The lowest BCUT2D eigenvalue weighted by atomic mass is 10.1. The number of nitrogens with zero attached hydrogens (tertiary/aromatic N) is 2. The van der Waals surface area contributed by atoms with Gasteiger partial charge < -0.3 is 18.9 Å². The standard InChI is InChI=1S/C26H26N2O4/c1-29-16-17-31-26-18-25(28(27-26)22-10-14-23(30-2)15-11-22)21-8-12-24(13-9-21)32-19-20-6-4-3-5-7-20/h3-15,18H,16-17,19H2,1-2H3. The first-order chi connectivity index (χ1) is 15.8. The van der Waals surface area contributed by atoms with Gasteiger partial charge in [0.05, 0.1) is 25.1 Å². The van der Waals surface area contributed by atoms with Gasteiger partial charge in [-0.3, -0.25) is 0 Å². The van der Waals surface area contributed by atoms with Crippen LogP contribution in [0.3, 0.4) is 0 Å². The van der Waals surface area contributed by atoms with Gasteiger partial charge >= 0.3 is 0 Å². The Morgan fingerprint density at radius 2 is 1.47 bits per heavy atom. The zero-order valence-electron chi connectivity index (χ0n) is 18.2. The number of aromatic nitrogens is 2. The summed E-state index contributed by atoms with van der Waals surface area (Å²) >= 11 is 0. The lowest BCUT2D eigenvalue weighted by Gasteiger charge is -2.10. The van der Waals surface area contributed by atoms with Crippen LogP contribution in [0.2, 0.25) is 0 Å². The van der Waals surface area contributed by atoms with Crippen molar-refractivity contribution in [1.29, 1.82) is 0 Å². The van der Waals surface area contributed by atoms with Crippen molar-refractivity contribution in [2.75, 3.05) is 27.4 Å². The SMILES string of the molecule is COCCOc1cc(-c2ccc(OCc3ccccc3)cc2)n(-c2ccc(OC)cc2)n1. The zero-order valence-corrected chi connectivity index (χ0v) is 18.2. The first kappa shape index (κ1) is 21.5. The van der Waals surface area contributed by atoms with E-state index in [-0.39, 0.29) is 0 Å². The van der Waals surface area contributed by atoms with Crippen LogP contribution in [0.5, 0.6) is 17.4 Å². The van der Waals surface area contributed by atoms with E-state index in [1.807, 2.05) is 89.6 Å². The lowest BCUT2D eigenvalue weighted by molar-refractivity contribution is 0.143. The second kappa shape index (κ2) is 10.5. The van der Waals surface area contributed by atoms with Crippen LogP contribution < -0.4 is 14.2 Å². The van der Waals surface area contributed by atoms with Gasteiger partial charge in [0.1, 0.15) is 24.7 Å². The maximum Gasteiger partial charge on any atom is 0.233 e. The van der Waals surface area contributed by atoms with Crippen LogP contribution in [0.15, 0.2) is 84.9 Å². The third kappa shape index (κ3) is 5.28. The van der Waals surface area contributed by atoms with E-state index in [9.17, 15) is 0 Å². The first-order valence-corrected chi connectivity index (χ1v) is 10.4. The van der Waals surface area contributed by atoms with E-state index in [1.54, 1.807) is 14.2 Å². The van der Waals surface area contributed by atoms with Crippen molar-refractivity contribution in [1.82, 2.24) is 9.78 Å².